The van der Waals surface area contributed by atoms with E-state index in [1.807, 2.05) is 25.6 Å². The molecule has 0 N–H and O–H groups in total. The van der Waals surface area contributed by atoms with E-state index < -0.39 is 5.79 Å². The van der Waals surface area contributed by atoms with E-state index in [0.29, 0.717) is 6.61 Å². The molecule has 1 saturated heterocycles. The quantitative estimate of drug-likeness (QED) is 0.736. The lowest BCUT2D eigenvalue weighted by atomic mass is 10.3. The summed E-state index contributed by atoms with van der Waals surface area (Å²) in [6.07, 6.45) is 0.150. The Morgan fingerprint density at radius 2 is 2.31 bits per heavy atom. The molecule has 78 valence electrons. The van der Waals surface area contributed by atoms with Crippen molar-refractivity contribution in [3.05, 3.63) is 0 Å². The second-order valence-corrected chi connectivity index (χ2v) is 5.58. The molecule has 0 saturated carbocycles. The van der Waals surface area contributed by atoms with Crippen molar-refractivity contribution in [3.8, 4) is 0 Å². The number of ether oxygens (including phenoxy) is 2. The average molecular weight is 222 g/mol. The summed E-state index contributed by atoms with van der Waals surface area (Å²) in [4.78, 5) is 0. The first-order chi connectivity index (χ1) is 6.05. The molecule has 0 bridgehead atoms. The van der Waals surface area contributed by atoms with Crippen LogP contribution in [-0.2, 0) is 9.47 Å². The molecule has 0 spiro atoms. The van der Waals surface area contributed by atoms with Crippen LogP contribution in [0.25, 0.3) is 0 Å². The maximum Gasteiger partial charge on any atom is 0.163 e. The van der Waals surface area contributed by atoms with Gasteiger partial charge in [-0.05, 0) is 19.6 Å². The zero-order valence-corrected chi connectivity index (χ0v) is 10.2. The summed E-state index contributed by atoms with van der Waals surface area (Å²) in [6.45, 7) is 6.72. The highest BCUT2D eigenvalue weighted by molar-refractivity contribution is 8.00. The van der Waals surface area contributed by atoms with Crippen LogP contribution < -0.4 is 0 Å². The number of thiol groups is 1. The lowest BCUT2D eigenvalue weighted by Gasteiger charge is -2.20. The van der Waals surface area contributed by atoms with E-state index in [1.54, 1.807) is 0 Å². The van der Waals surface area contributed by atoms with Crippen molar-refractivity contribution < 1.29 is 9.47 Å². The second kappa shape index (κ2) is 4.91. The van der Waals surface area contributed by atoms with E-state index in [9.17, 15) is 0 Å². The molecular formula is C9H18O2S2. The number of rotatable bonds is 4. The maximum absolute atomic E-state index is 5.70. The zero-order valence-electron chi connectivity index (χ0n) is 8.45. The fourth-order valence-electron chi connectivity index (χ4n) is 1.25. The zero-order chi connectivity index (χ0) is 9.90. The van der Waals surface area contributed by atoms with Crippen molar-refractivity contribution in [2.75, 3.05) is 18.1 Å². The van der Waals surface area contributed by atoms with Gasteiger partial charge in [0.1, 0.15) is 0 Å². The lowest BCUT2D eigenvalue weighted by molar-refractivity contribution is -0.137. The van der Waals surface area contributed by atoms with Crippen molar-refractivity contribution in [2.45, 2.75) is 37.9 Å². The van der Waals surface area contributed by atoms with E-state index >= 15 is 0 Å². The summed E-state index contributed by atoms with van der Waals surface area (Å²) in [7, 11) is 0. The topological polar surface area (TPSA) is 18.5 Å². The van der Waals surface area contributed by atoms with E-state index in [0.717, 1.165) is 11.5 Å². The standard InChI is InChI=1S/C9H18O2S2/c1-4-13-6-8(12)7-5-10-9(2,3)11-7/h7-8,12H,4-6H2,1-3H3. The van der Waals surface area contributed by atoms with E-state index in [4.69, 9.17) is 9.47 Å². The van der Waals surface area contributed by atoms with Gasteiger partial charge in [0, 0.05) is 11.0 Å². The van der Waals surface area contributed by atoms with E-state index in [-0.39, 0.29) is 11.4 Å². The third kappa shape index (κ3) is 3.70. The molecule has 1 fully saturated rings. The highest BCUT2D eigenvalue weighted by Gasteiger charge is 2.35. The van der Waals surface area contributed by atoms with Crippen LogP contribution in [0.5, 0.6) is 0 Å². The largest absolute Gasteiger partial charge is 0.348 e. The Morgan fingerprint density at radius 1 is 1.62 bits per heavy atom. The third-order valence-corrected chi connectivity index (χ3v) is 3.72. The predicted molar refractivity (Wildman–Crippen MR) is 60.7 cm³/mol. The maximum atomic E-state index is 5.70. The van der Waals surface area contributed by atoms with Crippen LogP contribution in [0, 0.1) is 0 Å². The Kier molecular flexibility index (Phi) is 4.42. The Balaban J connectivity index is 2.29. The van der Waals surface area contributed by atoms with Gasteiger partial charge in [0.05, 0.1) is 12.7 Å². The second-order valence-electron chi connectivity index (χ2n) is 3.59. The molecule has 0 aromatic rings. The third-order valence-electron chi connectivity index (χ3n) is 1.95. The molecule has 0 aliphatic carbocycles. The predicted octanol–water partition coefficient (Wildman–Crippen LogP) is 2.19. The molecule has 13 heavy (non-hydrogen) atoms. The molecule has 2 nitrogen and oxygen atoms in total. The van der Waals surface area contributed by atoms with Crippen molar-refractivity contribution in [3.63, 3.8) is 0 Å². The molecule has 2 unspecified atom stereocenters. The lowest BCUT2D eigenvalue weighted by Crippen LogP contribution is -2.28. The summed E-state index contributed by atoms with van der Waals surface area (Å²) in [5, 5.41) is 0.284. The van der Waals surface area contributed by atoms with Gasteiger partial charge in [-0.2, -0.15) is 24.4 Å². The molecule has 4 heteroatoms. The molecular weight excluding hydrogens is 204 g/mol. The summed E-state index contributed by atoms with van der Waals surface area (Å²) < 4.78 is 11.2. The SMILES string of the molecule is CCSCC(S)C1COC(C)(C)O1. The monoisotopic (exact) mass is 222 g/mol. The summed E-state index contributed by atoms with van der Waals surface area (Å²) in [6, 6.07) is 0. The highest BCUT2D eigenvalue weighted by Crippen LogP contribution is 2.27. The van der Waals surface area contributed by atoms with E-state index in [1.165, 1.54) is 0 Å². The highest BCUT2D eigenvalue weighted by atomic mass is 32.2. The Hall–Kier alpha value is 0.620. The minimum absolute atomic E-state index is 0.150. The molecule has 1 aliphatic heterocycles. The minimum Gasteiger partial charge on any atom is -0.348 e. The van der Waals surface area contributed by atoms with Crippen LogP contribution in [-0.4, -0.2) is 35.3 Å². The first kappa shape index (κ1) is 11.7. The van der Waals surface area contributed by atoms with Crippen LogP contribution in [0.15, 0.2) is 0 Å². The van der Waals surface area contributed by atoms with Crippen molar-refractivity contribution in [1.82, 2.24) is 0 Å². The normalized spacial score (nSPS) is 29.1. The fraction of sp³-hybridized carbons (Fsp3) is 1.00. The van der Waals surface area contributed by atoms with Gasteiger partial charge in [-0.25, -0.2) is 0 Å². The van der Waals surface area contributed by atoms with Crippen LogP contribution >= 0.6 is 24.4 Å². The van der Waals surface area contributed by atoms with Gasteiger partial charge in [0.2, 0.25) is 0 Å². The minimum atomic E-state index is -0.414. The molecule has 1 heterocycles. The van der Waals surface area contributed by atoms with Gasteiger partial charge >= 0.3 is 0 Å². The van der Waals surface area contributed by atoms with Crippen LogP contribution in [0.4, 0.5) is 0 Å². The van der Waals surface area contributed by atoms with Crippen molar-refractivity contribution in [1.29, 1.82) is 0 Å². The molecule has 1 rings (SSSR count). The molecule has 0 radical (unpaired) electrons. The van der Waals surface area contributed by atoms with Gasteiger partial charge in [-0.3, -0.25) is 0 Å². The van der Waals surface area contributed by atoms with Gasteiger partial charge < -0.3 is 9.47 Å². The smallest absolute Gasteiger partial charge is 0.163 e. The van der Waals surface area contributed by atoms with Crippen molar-refractivity contribution in [2.24, 2.45) is 0 Å². The Bertz CT molecular complexity index is 162. The van der Waals surface area contributed by atoms with Crippen molar-refractivity contribution >= 4 is 24.4 Å². The van der Waals surface area contributed by atoms with Crippen LogP contribution in [0.3, 0.4) is 0 Å². The summed E-state index contributed by atoms with van der Waals surface area (Å²) in [5.74, 6) is 1.75. The summed E-state index contributed by atoms with van der Waals surface area (Å²) in [5.41, 5.74) is 0. The van der Waals surface area contributed by atoms with Gasteiger partial charge in [0.15, 0.2) is 5.79 Å². The molecule has 0 aromatic heterocycles. The molecule has 0 aromatic carbocycles. The fourth-order valence-corrected chi connectivity index (χ4v) is 2.41. The number of hydrogen-bond acceptors (Lipinski definition) is 4. The number of hydrogen-bond donors (Lipinski definition) is 1. The summed E-state index contributed by atoms with van der Waals surface area (Å²) >= 11 is 6.40. The molecule has 0 amide bonds. The average Bonchev–Trinajstić information content (AvgIpc) is 2.42. The first-order valence-corrected chi connectivity index (χ1v) is 6.30. The van der Waals surface area contributed by atoms with Crippen LogP contribution in [0.1, 0.15) is 20.8 Å². The van der Waals surface area contributed by atoms with Gasteiger partial charge in [0.25, 0.3) is 0 Å². The number of thioether (sulfide) groups is 1. The van der Waals surface area contributed by atoms with E-state index in [2.05, 4.69) is 19.6 Å². The Morgan fingerprint density at radius 3 is 2.77 bits per heavy atom. The molecule has 2 atom stereocenters. The molecule has 1 aliphatic rings. The first-order valence-electron chi connectivity index (χ1n) is 4.63. The Labute approximate surface area is 90.2 Å². The van der Waals surface area contributed by atoms with Crippen LogP contribution in [0.2, 0.25) is 0 Å². The van der Waals surface area contributed by atoms with Gasteiger partial charge in [-0.15, -0.1) is 0 Å². The van der Waals surface area contributed by atoms with Gasteiger partial charge in [-0.1, -0.05) is 6.92 Å².